The number of pyridine rings is 1. The summed E-state index contributed by atoms with van der Waals surface area (Å²) >= 11 is 0. The Labute approximate surface area is 99.5 Å². The van der Waals surface area contributed by atoms with Crippen LogP contribution in [0.5, 0.6) is 0 Å². The van der Waals surface area contributed by atoms with E-state index in [1.807, 2.05) is 25.1 Å². The minimum absolute atomic E-state index is 0.251. The molecular weight excluding hydrogens is 217 g/mol. The van der Waals surface area contributed by atoms with Gasteiger partial charge >= 0.3 is 0 Å². The molecule has 3 N–H and O–H groups in total. The SMILES string of the molecule is Cc1ncccc1C(NN)c1cccc(F)c1. The predicted octanol–water partition coefficient (Wildman–Crippen LogP) is 2.08. The standard InChI is InChI=1S/C13H14FN3/c1-9-12(6-3-7-16-9)13(17-15)10-4-2-5-11(14)8-10/h2-8,13,17H,15H2,1H3. The summed E-state index contributed by atoms with van der Waals surface area (Å²) in [6, 6.07) is 9.90. The van der Waals surface area contributed by atoms with Gasteiger partial charge in [0.25, 0.3) is 0 Å². The zero-order chi connectivity index (χ0) is 12.3. The smallest absolute Gasteiger partial charge is 0.123 e. The first-order valence-electron chi connectivity index (χ1n) is 5.35. The van der Waals surface area contributed by atoms with Gasteiger partial charge in [-0.05, 0) is 36.2 Å². The Morgan fingerprint density at radius 2 is 2.12 bits per heavy atom. The summed E-state index contributed by atoms with van der Waals surface area (Å²) in [6.45, 7) is 1.90. The van der Waals surface area contributed by atoms with Gasteiger partial charge in [-0.3, -0.25) is 10.8 Å². The second-order valence-corrected chi connectivity index (χ2v) is 3.83. The molecule has 0 bridgehead atoms. The van der Waals surface area contributed by atoms with E-state index >= 15 is 0 Å². The van der Waals surface area contributed by atoms with E-state index in [-0.39, 0.29) is 11.9 Å². The third kappa shape index (κ3) is 2.49. The molecule has 1 atom stereocenters. The molecule has 0 spiro atoms. The molecule has 1 unspecified atom stereocenters. The minimum Gasteiger partial charge on any atom is -0.271 e. The van der Waals surface area contributed by atoms with E-state index < -0.39 is 0 Å². The molecule has 0 aliphatic carbocycles. The summed E-state index contributed by atoms with van der Waals surface area (Å²) < 4.78 is 13.2. The molecule has 1 aromatic carbocycles. The number of nitrogens with zero attached hydrogens (tertiary/aromatic N) is 1. The molecule has 17 heavy (non-hydrogen) atoms. The normalized spacial score (nSPS) is 12.4. The van der Waals surface area contributed by atoms with E-state index in [1.54, 1.807) is 12.3 Å². The summed E-state index contributed by atoms with van der Waals surface area (Å²) in [6.07, 6.45) is 1.72. The third-order valence-corrected chi connectivity index (χ3v) is 2.71. The molecule has 0 aliphatic rings. The van der Waals surface area contributed by atoms with E-state index in [0.717, 1.165) is 16.8 Å². The van der Waals surface area contributed by atoms with Crippen LogP contribution in [0.15, 0.2) is 42.6 Å². The second kappa shape index (κ2) is 5.03. The van der Waals surface area contributed by atoms with Crippen LogP contribution in [0.3, 0.4) is 0 Å². The molecule has 3 nitrogen and oxygen atoms in total. The topological polar surface area (TPSA) is 50.9 Å². The molecule has 0 fully saturated rings. The quantitative estimate of drug-likeness (QED) is 0.628. The summed E-state index contributed by atoms with van der Waals surface area (Å²) in [5.74, 6) is 5.28. The van der Waals surface area contributed by atoms with Crippen molar-refractivity contribution in [3.05, 3.63) is 65.2 Å². The molecule has 0 saturated heterocycles. The van der Waals surface area contributed by atoms with Crippen LogP contribution in [0.25, 0.3) is 0 Å². The third-order valence-electron chi connectivity index (χ3n) is 2.71. The first-order valence-corrected chi connectivity index (χ1v) is 5.35. The molecule has 4 heteroatoms. The Kier molecular flexibility index (Phi) is 3.46. The van der Waals surface area contributed by atoms with E-state index in [9.17, 15) is 4.39 Å². The van der Waals surface area contributed by atoms with Crippen LogP contribution in [-0.2, 0) is 0 Å². The fourth-order valence-corrected chi connectivity index (χ4v) is 1.85. The number of nitrogens with one attached hydrogen (secondary N) is 1. The first-order chi connectivity index (χ1) is 8.22. The molecule has 88 valence electrons. The summed E-state index contributed by atoms with van der Waals surface area (Å²) in [4.78, 5) is 4.21. The van der Waals surface area contributed by atoms with Crippen LogP contribution in [0, 0.1) is 12.7 Å². The number of nitrogens with two attached hydrogens (primary N) is 1. The van der Waals surface area contributed by atoms with E-state index in [0.29, 0.717) is 0 Å². The Bertz CT molecular complexity index is 514. The lowest BCUT2D eigenvalue weighted by Crippen LogP contribution is -2.29. The summed E-state index contributed by atoms with van der Waals surface area (Å²) in [5, 5.41) is 0. The van der Waals surface area contributed by atoms with Crippen molar-refractivity contribution in [1.82, 2.24) is 10.4 Å². The van der Waals surface area contributed by atoms with Crippen molar-refractivity contribution >= 4 is 0 Å². The Balaban J connectivity index is 2.44. The maximum Gasteiger partial charge on any atom is 0.123 e. The number of aromatic nitrogens is 1. The fraction of sp³-hybridized carbons (Fsp3) is 0.154. The molecule has 0 saturated carbocycles. The molecule has 2 aromatic rings. The van der Waals surface area contributed by atoms with Crippen molar-refractivity contribution in [1.29, 1.82) is 0 Å². The van der Waals surface area contributed by atoms with Crippen molar-refractivity contribution < 1.29 is 4.39 Å². The fourth-order valence-electron chi connectivity index (χ4n) is 1.85. The van der Waals surface area contributed by atoms with Crippen molar-refractivity contribution in [2.45, 2.75) is 13.0 Å². The average molecular weight is 231 g/mol. The highest BCUT2D eigenvalue weighted by Gasteiger charge is 2.15. The zero-order valence-corrected chi connectivity index (χ0v) is 9.52. The number of aryl methyl sites for hydroxylation is 1. The van der Waals surface area contributed by atoms with Crippen LogP contribution in [0.2, 0.25) is 0 Å². The highest BCUT2D eigenvalue weighted by molar-refractivity contribution is 5.33. The van der Waals surface area contributed by atoms with E-state index in [2.05, 4.69) is 10.4 Å². The van der Waals surface area contributed by atoms with E-state index in [1.165, 1.54) is 12.1 Å². The van der Waals surface area contributed by atoms with Gasteiger partial charge in [0, 0.05) is 11.9 Å². The molecule has 2 rings (SSSR count). The number of hydrazine groups is 1. The zero-order valence-electron chi connectivity index (χ0n) is 9.52. The van der Waals surface area contributed by atoms with Gasteiger partial charge in [-0.15, -0.1) is 0 Å². The maximum atomic E-state index is 13.2. The van der Waals surface area contributed by atoms with Crippen molar-refractivity contribution in [2.24, 2.45) is 5.84 Å². The van der Waals surface area contributed by atoms with Gasteiger partial charge < -0.3 is 0 Å². The van der Waals surface area contributed by atoms with Crippen molar-refractivity contribution in [3.8, 4) is 0 Å². The highest BCUT2D eigenvalue weighted by atomic mass is 19.1. The Morgan fingerprint density at radius 3 is 2.76 bits per heavy atom. The molecule has 0 amide bonds. The lowest BCUT2D eigenvalue weighted by molar-refractivity contribution is 0.602. The van der Waals surface area contributed by atoms with Crippen LogP contribution in [0.1, 0.15) is 22.9 Å². The number of halogens is 1. The lowest BCUT2D eigenvalue weighted by Gasteiger charge is -2.18. The van der Waals surface area contributed by atoms with Gasteiger partial charge in [0.1, 0.15) is 5.82 Å². The molecular formula is C13H14FN3. The monoisotopic (exact) mass is 231 g/mol. The first kappa shape index (κ1) is 11.7. The molecule has 0 aliphatic heterocycles. The number of hydrogen-bond donors (Lipinski definition) is 2. The lowest BCUT2D eigenvalue weighted by atomic mass is 9.98. The number of rotatable bonds is 3. The van der Waals surface area contributed by atoms with Gasteiger partial charge in [0.15, 0.2) is 0 Å². The predicted molar refractivity (Wildman–Crippen MR) is 64.5 cm³/mol. The van der Waals surface area contributed by atoms with Gasteiger partial charge in [0.2, 0.25) is 0 Å². The Morgan fingerprint density at radius 1 is 1.29 bits per heavy atom. The van der Waals surface area contributed by atoms with Crippen LogP contribution in [-0.4, -0.2) is 4.98 Å². The van der Waals surface area contributed by atoms with Crippen molar-refractivity contribution in [3.63, 3.8) is 0 Å². The van der Waals surface area contributed by atoms with Gasteiger partial charge in [0.05, 0.1) is 6.04 Å². The molecule has 1 heterocycles. The van der Waals surface area contributed by atoms with Gasteiger partial charge in [-0.2, -0.15) is 0 Å². The second-order valence-electron chi connectivity index (χ2n) is 3.83. The minimum atomic E-state index is -0.274. The largest absolute Gasteiger partial charge is 0.271 e. The van der Waals surface area contributed by atoms with Crippen LogP contribution in [0.4, 0.5) is 4.39 Å². The highest BCUT2D eigenvalue weighted by Crippen LogP contribution is 2.23. The summed E-state index contributed by atoms with van der Waals surface area (Å²) in [7, 11) is 0. The van der Waals surface area contributed by atoms with Crippen molar-refractivity contribution in [2.75, 3.05) is 0 Å². The maximum absolute atomic E-state index is 13.2. The number of hydrogen-bond acceptors (Lipinski definition) is 3. The number of benzene rings is 1. The van der Waals surface area contributed by atoms with Crippen LogP contribution >= 0.6 is 0 Å². The van der Waals surface area contributed by atoms with Crippen LogP contribution < -0.4 is 11.3 Å². The van der Waals surface area contributed by atoms with Gasteiger partial charge in [-0.1, -0.05) is 18.2 Å². The molecule has 1 aromatic heterocycles. The Hall–Kier alpha value is -1.78. The van der Waals surface area contributed by atoms with E-state index in [4.69, 9.17) is 5.84 Å². The molecule has 0 radical (unpaired) electrons. The summed E-state index contributed by atoms with van der Waals surface area (Å²) in [5.41, 5.74) is 5.30. The van der Waals surface area contributed by atoms with Gasteiger partial charge in [-0.25, -0.2) is 9.82 Å². The average Bonchev–Trinajstić information content (AvgIpc) is 2.33.